The third-order valence-corrected chi connectivity index (χ3v) is 4.29. The number of sulfonamides is 1. The predicted molar refractivity (Wildman–Crippen MR) is 70.0 cm³/mol. The maximum absolute atomic E-state index is 12.1. The topological polar surface area (TPSA) is 98.5 Å². The number of nitrogens with two attached hydrogens (primary N) is 1. The fraction of sp³-hybridized carbons (Fsp3) is 0.417. The van der Waals surface area contributed by atoms with Gasteiger partial charge in [0.15, 0.2) is 0 Å². The van der Waals surface area contributed by atoms with Crippen molar-refractivity contribution in [1.29, 1.82) is 0 Å². The lowest BCUT2D eigenvalue weighted by molar-refractivity contribution is -0.156. The Balaban J connectivity index is 2.10. The van der Waals surface area contributed by atoms with Crippen LogP contribution in [0.15, 0.2) is 29.2 Å². The van der Waals surface area contributed by atoms with Gasteiger partial charge in [0, 0.05) is 5.69 Å². The van der Waals surface area contributed by atoms with Crippen molar-refractivity contribution in [2.75, 3.05) is 18.5 Å². The molecule has 0 saturated carbocycles. The van der Waals surface area contributed by atoms with E-state index in [4.69, 9.17) is 9.88 Å². The molecule has 0 spiro atoms. The molecular formula is C12H16N2O4S. The van der Waals surface area contributed by atoms with E-state index in [0.717, 1.165) is 0 Å². The van der Waals surface area contributed by atoms with Crippen molar-refractivity contribution in [3.63, 3.8) is 0 Å². The number of amides is 1. The van der Waals surface area contributed by atoms with Gasteiger partial charge in [0.05, 0.1) is 23.5 Å². The quantitative estimate of drug-likeness (QED) is 0.850. The lowest BCUT2D eigenvalue weighted by atomic mass is 9.82. The number of hydrogen-bond acceptors (Lipinski definition) is 4. The van der Waals surface area contributed by atoms with Crippen LogP contribution < -0.4 is 10.5 Å². The molecule has 104 valence electrons. The number of hydrogen-bond donors (Lipinski definition) is 2. The van der Waals surface area contributed by atoms with Gasteiger partial charge in [-0.2, -0.15) is 0 Å². The van der Waals surface area contributed by atoms with Crippen molar-refractivity contribution in [2.24, 2.45) is 10.6 Å². The highest BCUT2D eigenvalue weighted by molar-refractivity contribution is 7.89. The smallest absolute Gasteiger partial charge is 0.238 e. The van der Waals surface area contributed by atoms with E-state index in [1.165, 1.54) is 24.3 Å². The molecule has 1 fully saturated rings. The van der Waals surface area contributed by atoms with E-state index in [1.807, 2.05) is 6.92 Å². The van der Waals surface area contributed by atoms with Crippen molar-refractivity contribution in [1.82, 2.24) is 0 Å². The second kappa shape index (κ2) is 4.92. The van der Waals surface area contributed by atoms with E-state index in [-0.39, 0.29) is 10.8 Å². The Kier molecular flexibility index (Phi) is 3.62. The van der Waals surface area contributed by atoms with Gasteiger partial charge in [-0.25, -0.2) is 13.6 Å². The Labute approximate surface area is 112 Å². The Bertz CT molecular complexity index is 571. The lowest BCUT2D eigenvalue weighted by Crippen LogP contribution is -2.51. The summed E-state index contributed by atoms with van der Waals surface area (Å²) in [5.74, 6) is -0.107. The van der Waals surface area contributed by atoms with E-state index in [1.54, 1.807) is 0 Å². The molecule has 7 heteroatoms. The van der Waals surface area contributed by atoms with Gasteiger partial charge >= 0.3 is 0 Å². The average Bonchev–Trinajstić information content (AvgIpc) is 2.27. The molecule has 1 saturated heterocycles. The lowest BCUT2D eigenvalue weighted by Gasteiger charge is -2.38. The van der Waals surface area contributed by atoms with Crippen molar-refractivity contribution in [3.8, 4) is 0 Å². The minimum atomic E-state index is -3.71. The fourth-order valence-corrected chi connectivity index (χ4v) is 2.35. The zero-order valence-electron chi connectivity index (χ0n) is 10.5. The van der Waals surface area contributed by atoms with Gasteiger partial charge in [-0.1, -0.05) is 6.92 Å². The number of benzene rings is 1. The molecule has 0 unspecified atom stereocenters. The summed E-state index contributed by atoms with van der Waals surface area (Å²) in [4.78, 5) is 12.1. The van der Waals surface area contributed by atoms with Crippen LogP contribution >= 0.6 is 0 Å². The van der Waals surface area contributed by atoms with E-state index < -0.39 is 15.4 Å². The summed E-state index contributed by atoms with van der Waals surface area (Å²) in [7, 11) is -3.71. The number of rotatable bonds is 4. The minimum Gasteiger partial charge on any atom is -0.379 e. The summed E-state index contributed by atoms with van der Waals surface area (Å²) < 4.78 is 27.3. The van der Waals surface area contributed by atoms with Gasteiger partial charge in [0.1, 0.15) is 0 Å². The minimum absolute atomic E-state index is 0.0164. The molecule has 0 aromatic heterocycles. The van der Waals surface area contributed by atoms with Crippen LogP contribution in [0.4, 0.5) is 5.69 Å². The number of carbonyl (C=O) groups is 1. The number of carbonyl (C=O) groups excluding carboxylic acids is 1. The molecule has 19 heavy (non-hydrogen) atoms. The Morgan fingerprint density at radius 3 is 2.32 bits per heavy atom. The first-order chi connectivity index (χ1) is 8.87. The number of nitrogens with one attached hydrogen (secondary N) is 1. The Hall–Kier alpha value is -1.44. The highest BCUT2D eigenvalue weighted by Gasteiger charge is 2.44. The number of primary sulfonamides is 1. The summed E-state index contributed by atoms with van der Waals surface area (Å²) in [5, 5.41) is 7.76. The molecule has 6 nitrogen and oxygen atoms in total. The van der Waals surface area contributed by atoms with Crippen LogP contribution in [0.1, 0.15) is 13.3 Å². The third kappa shape index (κ3) is 2.78. The molecule has 1 aliphatic heterocycles. The summed E-state index contributed by atoms with van der Waals surface area (Å²) in [5.41, 5.74) is 0.0793. The largest absolute Gasteiger partial charge is 0.379 e. The van der Waals surface area contributed by atoms with Crippen LogP contribution in [-0.4, -0.2) is 27.5 Å². The molecule has 0 atom stereocenters. The van der Waals surface area contributed by atoms with Crippen LogP contribution in [-0.2, 0) is 19.6 Å². The van der Waals surface area contributed by atoms with Crippen LogP contribution in [0, 0.1) is 5.41 Å². The molecule has 0 bridgehead atoms. The van der Waals surface area contributed by atoms with E-state index >= 15 is 0 Å². The Morgan fingerprint density at radius 1 is 1.37 bits per heavy atom. The van der Waals surface area contributed by atoms with Crippen molar-refractivity contribution in [2.45, 2.75) is 18.2 Å². The highest BCUT2D eigenvalue weighted by atomic mass is 32.2. The maximum atomic E-state index is 12.1. The second-order valence-corrected chi connectivity index (χ2v) is 6.21. The standard InChI is InChI=1S/C12H16N2O4S/c1-2-12(7-18-8-12)11(15)14-9-3-5-10(6-4-9)19(13,16)17/h3-6H,2,7-8H2,1H3,(H,14,15)(H2,13,16,17). The van der Waals surface area contributed by atoms with Gasteiger partial charge in [-0.3, -0.25) is 4.79 Å². The highest BCUT2D eigenvalue weighted by Crippen LogP contribution is 2.32. The Morgan fingerprint density at radius 2 is 1.95 bits per heavy atom. The molecule has 1 aromatic carbocycles. The maximum Gasteiger partial charge on any atom is 0.238 e. The van der Waals surface area contributed by atoms with Crippen LogP contribution in [0.5, 0.6) is 0 Å². The van der Waals surface area contributed by atoms with Crippen molar-refractivity contribution >= 4 is 21.6 Å². The van der Waals surface area contributed by atoms with Crippen molar-refractivity contribution < 1.29 is 17.9 Å². The van der Waals surface area contributed by atoms with Crippen LogP contribution in [0.2, 0.25) is 0 Å². The SMILES string of the molecule is CCC1(C(=O)Nc2ccc(S(N)(=O)=O)cc2)COC1. The summed E-state index contributed by atoms with van der Waals surface area (Å²) in [6.45, 7) is 2.78. The summed E-state index contributed by atoms with van der Waals surface area (Å²) in [6.07, 6.45) is 0.702. The zero-order valence-corrected chi connectivity index (χ0v) is 11.4. The molecular weight excluding hydrogens is 268 g/mol. The first-order valence-electron chi connectivity index (χ1n) is 5.89. The average molecular weight is 284 g/mol. The monoisotopic (exact) mass is 284 g/mol. The van der Waals surface area contributed by atoms with E-state index in [0.29, 0.717) is 25.3 Å². The first kappa shape index (κ1) is 14.0. The molecule has 2 rings (SSSR count). The molecule has 1 amide bonds. The van der Waals surface area contributed by atoms with Gasteiger partial charge in [0.2, 0.25) is 15.9 Å². The summed E-state index contributed by atoms with van der Waals surface area (Å²) in [6, 6.07) is 5.75. The van der Waals surface area contributed by atoms with Gasteiger partial charge in [0.25, 0.3) is 0 Å². The van der Waals surface area contributed by atoms with Gasteiger partial charge < -0.3 is 10.1 Å². The molecule has 0 radical (unpaired) electrons. The van der Waals surface area contributed by atoms with E-state index in [2.05, 4.69) is 5.32 Å². The van der Waals surface area contributed by atoms with Crippen LogP contribution in [0.25, 0.3) is 0 Å². The molecule has 3 N–H and O–H groups in total. The molecule has 1 aromatic rings. The van der Waals surface area contributed by atoms with E-state index in [9.17, 15) is 13.2 Å². The predicted octanol–water partition coefficient (Wildman–Crippen LogP) is 0.699. The molecule has 1 aliphatic rings. The first-order valence-corrected chi connectivity index (χ1v) is 7.44. The van der Waals surface area contributed by atoms with Crippen molar-refractivity contribution in [3.05, 3.63) is 24.3 Å². The normalized spacial score (nSPS) is 17.6. The fourth-order valence-electron chi connectivity index (χ4n) is 1.84. The third-order valence-electron chi connectivity index (χ3n) is 3.36. The van der Waals surface area contributed by atoms with Gasteiger partial charge in [-0.05, 0) is 30.7 Å². The summed E-state index contributed by atoms with van der Waals surface area (Å²) >= 11 is 0. The van der Waals surface area contributed by atoms with Crippen LogP contribution in [0.3, 0.4) is 0 Å². The molecule has 1 heterocycles. The number of ether oxygens (including phenoxy) is 1. The second-order valence-electron chi connectivity index (χ2n) is 4.65. The van der Waals surface area contributed by atoms with Gasteiger partial charge in [-0.15, -0.1) is 0 Å². The zero-order chi connectivity index (χ0) is 14.1. The number of anilines is 1. The molecule has 0 aliphatic carbocycles.